The topological polar surface area (TPSA) is 79.5 Å². The lowest BCUT2D eigenvalue weighted by Gasteiger charge is -2.11. The molecule has 2 aromatic carbocycles. The molecule has 4 N–H and O–H groups in total. The molecular formula is C21H29IN4O. The standard InChI is InChI=1S/C21H28N4O.HI/c1-4-16(3)25-21(22)24-14-18-6-5-7-19(12-18)20(26)23-13-17-10-8-15(2)9-11-17;/h5-12,16H,4,13-14H2,1-3H3,(H,23,26)(H3,22,24,25);1H. The Morgan fingerprint density at radius 1 is 1.15 bits per heavy atom. The van der Waals surface area contributed by atoms with Crippen molar-refractivity contribution in [3.05, 3.63) is 70.8 Å². The average molecular weight is 480 g/mol. The van der Waals surface area contributed by atoms with Gasteiger partial charge in [-0.15, -0.1) is 24.0 Å². The number of nitrogens with one attached hydrogen (secondary N) is 2. The molecule has 0 saturated carbocycles. The average Bonchev–Trinajstić information content (AvgIpc) is 2.65. The minimum Gasteiger partial charge on any atom is -0.370 e. The molecule has 2 aromatic rings. The van der Waals surface area contributed by atoms with Crippen molar-refractivity contribution in [3.63, 3.8) is 0 Å². The molecule has 6 heteroatoms. The maximum absolute atomic E-state index is 12.4. The first-order valence-corrected chi connectivity index (χ1v) is 8.97. The molecule has 146 valence electrons. The van der Waals surface area contributed by atoms with Crippen LogP contribution in [-0.4, -0.2) is 17.9 Å². The maximum atomic E-state index is 12.4. The molecule has 1 amide bonds. The van der Waals surface area contributed by atoms with Crippen molar-refractivity contribution in [1.82, 2.24) is 10.6 Å². The number of hydrogen-bond acceptors (Lipinski definition) is 2. The van der Waals surface area contributed by atoms with Gasteiger partial charge in [-0.1, -0.05) is 48.9 Å². The summed E-state index contributed by atoms with van der Waals surface area (Å²) >= 11 is 0. The van der Waals surface area contributed by atoms with E-state index in [0.29, 0.717) is 24.6 Å². The molecule has 27 heavy (non-hydrogen) atoms. The monoisotopic (exact) mass is 480 g/mol. The van der Waals surface area contributed by atoms with Crippen LogP contribution in [0.2, 0.25) is 0 Å². The molecule has 0 fully saturated rings. The summed E-state index contributed by atoms with van der Waals surface area (Å²) in [6, 6.07) is 15.9. The van der Waals surface area contributed by atoms with Crippen LogP contribution in [0.1, 0.15) is 47.3 Å². The van der Waals surface area contributed by atoms with Gasteiger partial charge in [0.05, 0.1) is 6.54 Å². The Kier molecular flexibility index (Phi) is 9.85. The fourth-order valence-corrected chi connectivity index (χ4v) is 2.38. The Hall–Kier alpha value is -2.09. The van der Waals surface area contributed by atoms with Gasteiger partial charge in [0, 0.05) is 18.2 Å². The third-order valence-electron chi connectivity index (χ3n) is 4.20. The van der Waals surface area contributed by atoms with E-state index in [-0.39, 0.29) is 35.9 Å². The normalized spacial score (nSPS) is 12.0. The summed E-state index contributed by atoms with van der Waals surface area (Å²) in [5, 5.41) is 6.08. The quantitative estimate of drug-likeness (QED) is 0.321. The lowest BCUT2D eigenvalue weighted by atomic mass is 10.1. The van der Waals surface area contributed by atoms with Crippen molar-refractivity contribution in [2.75, 3.05) is 0 Å². The van der Waals surface area contributed by atoms with E-state index >= 15 is 0 Å². The van der Waals surface area contributed by atoms with Crippen LogP contribution in [0.25, 0.3) is 0 Å². The first-order valence-electron chi connectivity index (χ1n) is 8.97. The molecule has 0 bridgehead atoms. The lowest BCUT2D eigenvalue weighted by Crippen LogP contribution is -2.38. The minimum absolute atomic E-state index is 0. The second-order valence-electron chi connectivity index (χ2n) is 6.52. The Morgan fingerprint density at radius 2 is 1.85 bits per heavy atom. The second-order valence-corrected chi connectivity index (χ2v) is 6.52. The molecule has 2 rings (SSSR count). The SMILES string of the molecule is CCC(C)NC(N)=NCc1cccc(C(=O)NCc2ccc(C)cc2)c1.I. The van der Waals surface area contributed by atoms with Crippen LogP contribution in [0, 0.1) is 6.92 Å². The van der Waals surface area contributed by atoms with Gasteiger partial charge in [0.1, 0.15) is 0 Å². The number of nitrogens with two attached hydrogens (primary N) is 1. The zero-order chi connectivity index (χ0) is 18.9. The summed E-state index contributed by atoms with van der Waals surface area (Å²) in [5.41, 5.74) is 9.73. The highest BCUT2D eigenvalue weighted by atomic mass is 127. The van der Waals surface area contributed by atoms with Crippen molar-refractivity contribution in [3.8, 4) is 0 Å². The summed E-state index contributed by atoms with van der Waals surface area (Å²) in [6.45, 7) is 7.13. The van der Waals surface area contributed by atoms with Gasteiger partial charge in [-0.25, -0.2) is 4.99 Å². The lowest BCUT2D eigenvalue weighted by molar-refractivity contribution is 0.0951. The van der Waals surface area contributed by atoms with E-state index in [1.54, 1.807) is 6.07 Å². The highest BCUT2D eigenvalue weighted by Gasteiger charge is 2.06. The number of nitrogens with zero attached hydrogens (tertiary/aromatic N) is 1. The Morgan fingerprint density at radius 3 is 2.52 bits per heavy atom. The highest BCUT2D eigenvalue weighted by molar-refractivity contribution is 14.0. The number of amides is 1. The number of rotatable bonds is 7. The molecule has 0 aliphatic rings. The van der Waals surface area contributed by atoms with Crippen LogP contribution in [0.15, 0.2) is 53.5 Å². The number of carbonyl (C=O) groups excluding carboxylic acids is 1. The van der Waals surface area contributed by atoms with E-state index in [1.165, 1.54) is 5.56 Å². The molecule has 0 aliphatic heterocycles. The van der Waals surface area contributed by atoms with E-state index in [1.807, 2.05) is 49.4 Å². The summed E-state index contributed by atoms with van der Waals surface area (Å²) in [7, 11) is 0. The van der Waals surface area contributed by atoms with E-state index in [0.717, 1.165) is 17.5 Å². The predicted octanol–water partition coefficient (Wildman–Crippen LogP) is 3.75. The maximum Gasteiger partial charge on any atom is 0.251 e. The van der Waals surface area contributed by atoms with Crippen molar-refractivity contribution in [1.29, 1.82) is 0 Å². The Balaban J connectivity index is 0.00000364. The van der Waals surface area contributed by atoms with Gasteiger partial charge in [-0.05, 0) is 43.5 Å². The number of aryl methyl sites for hydroxylation is 1. The Bertz CT molecular complexity index is 759. The van der Waals surface area contributed by atoms with Crippen LogP contribution in [-0.2, 0) is 13.1 Å². The van der Waals surface area contributed by atoms with Crippen LogP contribution in [0.4, 0.5) is 0 Å². The molecule has 0 aliphatic carbocycles. The summed E-state index contributed by atoms with van der Waals surface area (Å²) < 4.78 is 0. The number of benzene rings is 2. The van der Waals surface area contributed by atoms with Crippen molar-refractivity contribution >= 4 is 35.8 Å². The molecule has 0 saturated heterocycles. The van der Waals surface area contributed by atoms with E-state index < -0.39 is 0 Å². The second kappa shape index (κ2) is 11.6. The van der Waals surface area contributed by atoms with Crippen LogP contribution in [0.3, 0.4) is 0 Å². The summed E-state index contributed by atoms with van der Waals surface area (Å²) in [6.07, 6.45) is 0.979. The number of halogens is 1. The molecule has 5 nitrogen and oxygen atoms in total. The minimum atomic E-state index is -0.0953. The molecule has 1 unspecified atom stereocenters. The Labute approximate surface area is 178 Å². The summed E-state index contributed by atoms with van der Waals surface area (Å²) in [5.74, 6) is 0.329. The molecule has 0 aromatic heterocycles. The van der Waals surface area contributed by atoms with E-state index in [2.05, 4.69) is 29.5 Å². The molecular weight excluding hydrogens is 451 g/mol. The van der Waals surface area contributed by atoms with Crippen molar-refractivity contribution < 1.29 is 4.79 Å². The number of guanidine groups is 1. The zero-order valence-electron chi connectivity index (χ0n) is 16.2. The third kappa shape index (κ3) is 7.99. The van der Waals surface area contributed by atoms with Gasteiger partial charge in [-0.2, -0.15) is 0 Å². The third-order valence-corrected chi connectivity index (χ3v) is 4.20. The van der Waals surface area contributed by atoms with Crippen LogP contribution in [0.5, 0.6) is 0 Å². The van der Waals surface area contributed by atoms with Crippen molar-refractivity contribution in [2.24, 2.45) is 10.7 Å². The van der Waals surface area contributed by atoms with E-state index in [4.69, 9.17) is 5.73 Å². The van der Waals surface area contributed by atoms with Gasteiger partial charge < -0.3 is 16.4 Å². The van der Waals surface area contributed by atoms with Crippen LogP contribution >= 0.6 is 24.0 Å². The zero-order valence-corrected chi connectivity index (χ0v) is 18.5. The predicted molar refractivity (Wildman–Crippen MR) is 122 cm³/mol. The van der Waals surface area contributed by atoms with Gasteiger partial charge >= 0.3 is 0 Å². The number of hydrogen-bond donors (Lipinski definition) is 3. The fourth-order valence-electron chi connectivity index (χ4n) is 2.38. The van der Waals surface area contributed by atoms with Gasteiger partial charge in [0.25, 0.3) is 5.91 Å². The van der Waals surface area contributed by atoms with E-state index in [9.17, 15) is 4.79 Å². The molecule has 0 radical (unpaired) electrons. The van der Waals surface area contributed by atoms with Crippen molar-refractivity contribution in [2.45, 2.75) is 46.3 Å². The van der Waals surface area contributed by atoms with Gasteiger partial charge in [0.2, 0.25) is 0 Å². The van der Waals surface area contributed by atoms with Crippen LogP contribution < -0.4 is 16.4 Å². The smallest absolute Gasteiger partial charge is 0.251 e. The molecule has 0 heterocycles. The molecule has 0 spiro atoms. The summed E-state index contributed by atoms with van der Waals surface area (Å²) in [4.78, 5) is 16.7. The van der Waals surface area contributed by atoms with Gasteiger partial charge in [-0.3, -0.25) is 4.79 Å². The first-order chi connectivity index (χ1) is 12.5. The fraction of sp³-hybridized carbons (Fsp3) is 0.333. The van der Waals surface area contributed by atoms with Gasteiger partial charge in [0.15, 0.2) is 5.96 Å². The first kappa shape index (κ1) is 23.0. The highest BCUT2D eigenvalue weighted by Crippen LogP contribution is 2.08. The molecule has 1 atom stereocenters. The number of aliphatic imine (C=N–C) groups is 1. The number of carbonyl (C=O) groups is 1. The largest absolute Gasteiger partial charge is 0.370 e.